The molecule has 6 heteroatoms. The molecule has 0 radical (unpaired) electrons. The van der Waals surface area contributed by atoms with Crippen LogP contribution in [-0.2, 0) is 15.6 Å². The molecule has 0 unspecified atom stereocenters. The van der Waals surface area contributed by atoms with Gasteiger partial charge in [0.25, 0.3) is 5.91 Å². The van der Waals surface area contributed by atoms with Crippen LogP contribution in [-0.4, -0.2) is 20.8 Å². The number of phenolic OH excluding ortho intramolecular Hbond substituents is 1. The van der Waals surface area contributed by atoms with E-state index in [-0.39, 0.29) is 17.4 Å². The number of para-hydroxylation sites is 1. The summed E-state index contributed by atoms with van der Waals surface area (Å²) in [7, 11) is 0. The van der Waals surface area contributed by atoms with Crippen molar-refractivity contribution in [2.45, 2.75) is 69.1 Å². The van der Waals surface area contributed by atoms with Gasteiger partial charge in [0.1, 0.15) is 16.9 Å². The number of carbonyl (C=O) groups excluding carboxylic acids is 1. The Hall–Kier alpha value is -3.90. The van der Waals surface area contributed by atoms with E-state index in [1.54, 1.807) is 6.07 Å². The predicted molar refractivity (Wildman–Crippen MR) is 172 cm³/mol. The largest absolute Gasteiger partial charge is 0.507 e. The molecule has 43 heavy (non-hydrogen) atoms. The summed E-state index contributed by atoms with van der Waals surface area (Å²) in [6.07, 6.45) is -0.837. The van der Waals surface area contributed by atoms with E-state index >= 15 is 4.39 Å². The Morgan fingerprint density at radius 3 is 1.98 bits per heavy atom. The topological polar surface area (TPSA) is 58.9 Å². The molecule has 1 spiro atoms. The highest BCUT2D eigenvalue weighted by atomic mass is 32.2. The van der Waals surface area contributed by atoms with Crippen LogP contribution in [0.4, 0.5) is 4.39 Å². The van der Waals surface area contributed by atoms with Crippen molar-refractivity contribution in [1.82, 2.24) is 0 Å². The second-order valence-electron chi connectivity index (χ2n) is 13.4. The van der Waals surface area contributed by atoms with Crippen molar-refractivity contribution in [3.05, 3.63) is 130 Å². The molecule has 1 amide bonds. The van der Waals surface area contributed by atoms with Gasteiger partial charge in [-0.15, -0.1) is 0 Å². The fraction of sp³-hybridized carbons (Fsp3) is 0.297. The maximum atomic E-state index is 15.7. The van der Waals surface area contributed by atoms with E-state index in [4.69, 9.17) is 4.74 Å². The van der Waals surface area contributed by atoms with E-state index in [9.17, 15) is 9.90 Å². The number of rotatable bonds is 3. The van der Waals surface area contributed by atoms with Gasteiger partial charge in [-0.1, -0.05) is 138 Å². The van der Waals surface area contributed by atoms with Gasteiger partial charge in [-0.05, 0) is 39.2 Å². The first kappa shape index (κ1) is 29.2. The molecule has 0 aromatic heterocycles. The number of hydrogen-bond acceptors (Lipinski definition) is 4. The van der Waals surface area contributed by atoms with E-state index in [0.717, 1.165) is 27.8 Å². The van der Waals surface area contributed by atoms with E-state index in [1.165, 1.54) is 17.8 Å². The maximum absolute atomic E-state index is 15.7. The molecule has 4 nitrogen and oxygen atoms in total. The molecule has 2 heterocycles. The van der Waals surface area contributed by atoms with E-state index in [0.29, 0.717) is 10.6 Å². The van der Waals surface area contributed by atoms with Crippen molar-refractivity contribution in [2.75, 3.05) is 0 Å². The number of carbonyl (C=O) groups is 1. The number of phenols is 1. The van der Waals surface area contributed by atoms with Crippen molar-refractivity contribution >= 4 is 22.7 Å². The van der Waals surface area contributed by atoms with Gasteiger partial charge in [-0.25, -0.2) is 9.38 Å². The average Bonchev–Trinajstić information content (AvgIpc) is 3.29. The summed E-state index contributed by atoms with van der Waals surface area (Å²) in [4.78, 5) is 19.3. The van der Waals surface area contributed by atoms with Gasteiger partial charge in [0.2, 0.25) is 0 Å². The van der Waals surface area contributed by atoms with Crippen LogP contribution in [0.5, 0.6) is 11.5 Å². The number of fused-ring (bicyclic) bond motifs is 1. The lowest BCUT2D eigenvalue weighted by Gasteiger charge is -2.46. The molecule has 0 saturated heterocycles. The highest BCUT2D eigenvalue weighted by Crippen LogP contribution is 2.62. The van der Waals surface area contributed by atoms with Crippen LogP contribution in [0.3, 0.4) is 0 Å². The van der Waals surface area contributed by atoms with E-state index in [2.05, 4.69) is 46.5 Å². The average molecular weight is 594 g/mol. The van der Waals surface area contributed by atoms with Crippen LogP contribution in [0.2, 0.25) is 0 Å². The first-order valence-corrected chi connectivity index (χ1v) is 15.4. The summed E-state index contributed by atoms with van der Waals surface area (Å²) in [5, 5.41) is 12.2. The molecule has 0 saturated carbocycles. The van der Waals surface area contributed by atoms with Crippen LogP contribution < -0.4 is 4.74 Å². The zero-order chi connectivity index (χ0) is 30.7. The molecule has 4 aromatic carbocycles. The highest BCUT2D eigenvalue weighted by Gasteiger charge is 2.62. The zero-order valence-electron chi connectivity index (χ0n) is 25.3. The third-order valence-electron chi connectivity index (χ3n) is 8.37. The molecule has 0 fully saturated rings. The molecule has 2 aliphatic heterocycles. The molecule has 2 aliphatic rings. The minimum atomic E-state index is -1.28. The third kappa shape index (κ3) is 4.86. The second kappa shape index (κ2) is 10.4. The van der Waals surface area contributed by atoms with Crippen molar-refractivity contribution in [2.24, 2.45) is 4.99 Å². The summed E-state index contributed by atoms with van der Waals surface area (Å²) in [5.74, 6) is -1.06. The highest BCUT2D eigenvalue weighted by molar-refractivity contribution is 8.16. The van der Waals surface area contributed by atoms with Crippen molar-refractivity contribution in [3.8, 4) is 11.5 Å². The molecule has 0 aliphatic carbocycles. The van der Waals surface area contributed by atoms with Gasteiger partial charge in [0, 0.05) is 17.0 Å². The Labute approximate surface area is 257 Å². The minimum absolute atomic E-state index is 0.135. The summed E-state index contributed by atoms with van der Waals surface area (Å²) in [5.41, 5.74) is 3.73. The first-order valence-electron chi connectivity index (χ1n) is 14.6. The Morgan fingerprint density at radius 1 is 0.814 bits per heavy atom. The number of nitrogens with zero attached hydrogens (tertiary/aromatic N) is 1. The lowest BCUT2D eigenvalue weighted by Crippen LogP contribution is -2.50. The molecule has 6 rings (SSSR count). The second-order valence-corrected chi connectivity index (χ2v) is 14.7. The molecule has 0 bridgehead atoms. The van der Waals surface area contributed by atoms with Crippen LogP contribution in [0, 0.1) is 5.82 Å². The number of aliphatic imine (C=N–C) groups is 1. The van der Waals surface area contributed by atoms with Gasteiger partial charge in [-0.2, -0.15) is 0 Å². The van der Waals surface area contributed by atoms with Gasteiger partial charge >= 0.3 is 0 Å². The third-order valence-corrected chi connectivity index (χ3v) is 9.85. The number of benzene rings is 4. The Bertz CT molecular complexity index is 1700. The van der Waals surface area contributed by atoms with Crippen LogP contribution >= 0.6 is 11.8 Å². The normalized spacial score (nSPS) is 21.8. The Kier molecular flexibility index (Phi) is 7.04. The van der Waals surface area contributed by atoms with Crippen LogP contribution in [0.25, 0.3) is 0 Å². The monoisotopic (exact) mass is 593 g/mol. The van der Waals surface area contributed by atoms with Crippen LogP contribution in [0.15, 0.2) is 96.0 Å². The molecule has 1 N–H and O–H groups in total. The van der Waals surface area contributed by atoms with Crippen molar-refractivity contribution in [3.63, 3.8) is 0 Å². The summed E-state index contributed by atoms with van der Waals surface area (Å²) < 4.78 is 21.0. The quantitative estimate of drug-likeness (QED) is 0.258. The number of halogens is 1. The Morgan fingerprint density at radius 2 is 1.40 bits per heavy atom. The standard InChI is InChI=1S/C37H36FNO3S/c1-35(2,3)26-20-24(21-27(30(26)40)36(4,5)6)29-25-18-13-19-28(38)31(25)42-32(22-14-9-7-10-15-22)37(29)34(41)39-33(43-37)23-16-11-8-12-17-23/h7-21,29,32,40H,1-6H3/t29-,32-,37-/m1/s1. The molecule has 4 aromatic rings. The van der Waals surface area contributed by atoms with Crippen molar-refractivity contribution in [1.29, 1.82) is 0 Å². The number of aromatic hydroxyl groups is 1. The molecular weight excluding hydrogens is 557 g/mol. The maximum Gasteiger partial charge on any atom is 0.268 e. The van der Waals surface area contributed by atoms with Gasteiger partial charge in [-0.3, -0.25) is 4.79 Å². The molecule has 220 valence electrons. The van der Waals surface area contributed by atoms with E-state index < -0.39 is 33.4 Å². The Balaban J connectivity index is 1.69. The summed E-state index contributed by atoms with van der Waals surface area (Å²) in [6, 6.07) is 28.1. The number of hydrogen-bond donors (Lipinski definition) is 1. The molecule has 3 atom stereocenters. The summed E-state index contributed by atoms with van der Waals surface area (Å²) in [6.45, 7) is 12.4. The van der Waals surface area contributed by atoms with E-state index in [1.807, 2.05) is 78.9 Å². The minimum Gasteiger partial charge on any atom is -0.507 e. The number of ether oxygens (including phenoxy) is 1. The van der Waals surface area contributed by atoms with Crippen molar-refractivity contribution < 1.29 is 19.0 Å². The SMILES string of the molecule is CC(C)(C)c1cc([C@@H]2c3cccc(F)c3O[C@H](c3ccccc3)[C@]23SC(c2ccccc2)=NC3=O)cc(C(C)(C)C)c1O. The van der Waals surface area contributed by atoms with Gasteiger partial charge < -0.3 is 9.84 Å². The number of thioether (sulfide) groups is 1. The van der Waals surface area contributed by atoms with Gasteiger partial charge in [0.15, 0.2) is 16.3 Å². The lowest BCUT2D eigenvalue weighted by atomic mass is 9.70. The van der Waals surface area contributed by atoms with Crippen LogP contribution in [0.1, 0.15) is 86.9 Å². The predicted octanol–water partition coefficient (Wildman–Crippen LogP) is 8.85. The first-order chi connectivity index (χ1) is 20.3. The molecular formula is C37H36FNO3S. The summed E-state index contributed by atoms with van der Waals surface area (Å²) >= 11 is 1.39. The fourth-order valence-electron chi connectivity index (χ4n) is 6.26. The lowest BCUT2D eigenvalue weighted by molar-refractivity contribution is -0.123. The fourth-order valence-corrected chi connectivity index (χ4v) is 7.77. The smallest absolute Gasteiger partial charge is 0.268 e. The van der Waals surface area contributed by atoms with Gasteiger partial charge in [0.05, 0.1) is 0 Å². The zero-order valence-corrected chi connectivity index (χ0v) is 26.1. The number of amides is 1.